The lowest BCUT2D eigenvalue weighted by Gasteiger charge is -2.43. The molecule has 6 nitrogen and oxygen atoms in total. The standard InChI is InChI=1S/C28H29ClN4O2/c1-28(20-8-10-22(30)11-9-20)26(34)25-23(32-14-12-31(2)13-15-32)16-21(29)17-24(25)33(27(28)35)18-19-6-4-3-5-7-19/h3-11,16-17H,12-15,18,30H2,1-2H3/t28-/m1/s1. The Morgan fingerprint density at radius 1 is 0.914 bits per heavy atom. The normalized spacial score (nSPS) is 20.8. The third kappa shape index (κ3) is 4.07. The number of piperazine rings is 1. The molecule has 0 saturated carbocycles. The zero-order chi connectivity index (χ0) is 24.7. The molecular formula is C28H29ClN4O2. The number of benzene rings is 3. The monoisotopic (exact) mass is 488 g/mol. The van der Waals surface area contributed by atoms with Crippen LogP contribution in [0.5, 0.6) is 0 Å². The number of halogens is 1. The Morgan fingerprint density at radius 3 is 2.20 bits per heavy atom. The maximum absolute atomic E-state index is 14.3. The molecule has 1 fully saturated rings. The molecule has 3 aromatic rings. The van der Waals surface area contributed by atoms with E-state index in [2.05, 4.69) is 16.8 Å². The van der Waals surface area contributed by atoms with Gasteiger partial charge in [0.1, 0.15) is 5.41 Å². The fraction of sp³-hybridized carbons (Fsp3) is 0.286. The predicted molar refractivity (Wildman–Crippen MR) is 141 cm³/mol. The number of hydrogen-bond donors (Lipinski definition) is 1. The smallest absolute Gasteiger partial charge is 0.245 e. The molecule has 0 aliphatic carbocycles. The van der Waals surface area contributed by atoms with Crippen molar-refractivity contribution in [2.75, 3.05) is 48.8 Å². The summed E-state index contributed by atoms with van der Waals surface area (Å²) in [5, 5.41) is 0.507. The third-order valence-electron chi connectivity index (χ3n) is 7.22. The van der Waals surface area contributed by atoms with Crippen LogP contribution in [-0.4, -0.2) is 49.8 Å². The maximum Gasteiger partial charge on any atom is 0.245 e. The van der Waals surface area contributed by atoms with Crippen LogP contribution in [0.1, 0.15) is 28.4 Å². The second-order valence-electron chi connectivity index (χ2n) is 9.56. The SMILES string of the molecule is CN1CCN(c2cc(Cl)cc3c2C(=O)[C@@](C)(c2ccc(N)cc2)C(=O)N3Cc2ccccc2)CC1. The first-order valence-corrected chi connectivity index (χ1v) is 12.2. The number of nitrogens with two attached hydrogens (primary N) is 1. The highest BCUT2D eigenvalue weighted by molar-refractivity contribution is 6.34. The number of likely N-dealkylation sites (N-methyl/N-ethyl adjacent to an activating group) is 1. The summed E-state index contributed by atoms with van der Waals surface area (Å²) in [4.78, 5) is 34.7. The molecule has 5 rings (SSSR count). The quantitative estimate of drug-likeness (QED) is 0.436. The Labute approximate surface area is 210 Å². The molecule has 2 aliphatic rings. The summed E-state index contributed by atoms with van der Waals surface area (Å²) in [6, 6.07) is 20.4. The minimum absolute atomic E-state index is 0.211. The van der Waals surface area contributed by atoms with E-state index in [0.29, 0.717) is 34.1 Å². The van der Waals surface area contributed by atoms with Gasteiger partial charge in [-0.2, -0.15) is 0 Å². The van der Waals surface area contributed by atoms with E-state index in [4.69, 9.17) is 17.3 Å². The lowest BCUT2D eigenvalue weighted by Crippen LogP contribution is -2.55. The van der Waals surface area contributed by atoms with Gasteiger partial charge in [-0.05, 0) is 49.4 Å². The number of hydrogen-bond acceptors (Lipinski definition) is 5. The molecule has 0 unspecified atom stereocenters. The molecule has 35 heavy (non-hydrogen) atoms. The minimum Gasteiger partial charge on any atom is -0.399 e. The summed E-state index contributed by atoms with van der Waals surface area (Å²) in [7, 11) is 2.09. The van der Waals surface area contributed by atoms with Gasteiger partial charge in [-0.3, -0.25) is 9.59 Å². The molecule has 3 aromatic carbocycles. The van der Waals surface area contributed by atoms with Gasteiger partial charge in [-0.1, -0.05) is 54.1 Å². The molecule has 1 atom stereocenters. The summed E-state index contributed by atoms with van der Waals surface area (Å²) in [6.45, 7) is 5.40. The number of carbonyl (C=O) groups excluding carboxylic acids is 2. The maximum atomic E-state index is 14.3. The van der Waals surface area contributed by atoms with E-state index >= 15 is 0 Å². The van der Waals surface area contributed by atoms with Crippen molar-refractivity contribution in [1.29, 1.82) is 0 Å². The van der Waals surface area contributed by atoms with E-state index in [1.54, 1.807) is 42.2 Å². The van der Waals surface area contributed by atoms with E-state index in [9.17, 15) is 9.59 Å². The molecule has 180 valence electrons. The van der Waals surface area contributed by atoms with Crippen LogP contribution in [-0.2, 0) is 16.8 Å². The molecule has 1 saturated heterocycles. The minimum atomic E-state index is -1.38. The number of nitrogen functional groups attached to an aromatic ring is 1. The molecule has 0 radical (unpaired) electrons. The van der Waals surface area contributed by atoms with Crippen molar-refractivity contribution in [1.82, 2.24) is 4.90 Å². The highest BCUT2D eigenvalue weighted by Gasteiger charge is 2.52. The fourth-order valence-electron chi connectivity index (χ4n) is 5.04. The second kappa shape index (κ2) is 9.02. The van der Waals surface area contributed by atoms with Crippen molar-refractivity contribution in [2.45, 2.75) is 18.9 Å². The average molecular weight is 489 g/mol. The third-order valence-corrected chi connectivity index (χ3v) is 7.44. The Balaban J connectivity index is 1.71. The Bertz CT molecular complexity index is 1270. The molecule has 7 heteroatoms. The van der Waals surface area contributed by atoms with Gasteiger partial charge >= 0.3 is 0 Å². The van der Waals surface area contributed by atoms with Gasteiger partial charge in [0.15, 0.2) is 5.78 Å². The number of Topliss-reactive ketones (excluding diaryl/α,β-unsaturated/α-hetero) is 1. The number of ketones is 1. The van der Waals surface area contributed by atoms with Crippen molar-refractivity contribution >= 4 is 40.4 Å². The number of rotatable bonds is 4. The van der Waals surface area contributed by atoms with E-state index < -0.39 is 5.41 Å². The van der Waals surface area contributed by atoms with Gasteiger partial charge in [-0.15, -0.1) is 0 Å². The first-order valence-electron chi connectivity index (χ1n) is 11.8. The van der Waals surface area contributed by atoms with Gasteiger partial charge in [0, 0.05) is 36.9 Å². The number of nitrogens with zero attached hydrogens (tertiary/aromatic N) is 3. The number of carbonyl (C=O) groups is 2. The predicted octanol–water partition coefficient (Wildman–Crippen LogP) is 4.36. The molecule has 2 N–H and O–H groups in total. The largest absolute Gasteiger partial charge is 0.399 e. The summed E-state index contributed by atoms with van der Waals surface area (Å²) in [5.74, 6) is -0.479. The molecule has 2 aliphatic heterocycles. The fourth-order valence-corrected chi connectivity index (χ4v) is 5.25. The van der Waals surface area contributed by atoms with Gasteiger partial charge < -0.3 is 20.4 Å². The van der Waals surface area contributed by atoms with Crippen LogP contribution in [0.15, 0.2) is 66.7 Å². The zero-order valence-electron chi connectivity index (χ0n) is 20.0. The lowest BCUT2D eigenvalue weighted by molar-refractivity contribution is -0.122. The Kier molecular flexibility index (Phi) is 6.03. The van der Waals surface area contributed by atoms with Crippen molar-refractivity contribution in [3.8, 4) is 0 Å². The van der Waals surface area contributed by atoms with Crippen LogP contribution in [0, 0.1) is 0 Å². The van der Waals surface area contributed by atoms with Crippen LogP contribution in [0.2, 0.25) is 5.02 Å². The van der Waals surface area contributed by atoms with Gasteiger partial charge in [-0.25, -0.2) is 0 Å². The molecule has 0 aromatic heterocycles. The van der Waals surface area contributed by atoms with Crippen LogP contribution >= 0.6 is 11.6 Å². The molecule has 2 heterocycles. The van der Waals surface area contributed by atoms with Crippen molar-refractivity contribution in [3.63, 3.8) is 0 Å². The second-order valence-corrected chi connectivity index (χ2v) is 10.00. The van der Waals surface area contributed by atoms with Gasteiger partial charge in [0.05, 0.1) is 23.5 Å². The highest BCUT2D eigenvalue weighted by atomic mass is 35.5. The van der Waals surface area contributed by atoms with Crippen molar-refractivity contribution < 1.29 is 9.59 Å². The molecular weight excluding hydrogens is 460 g/mol. The zero-order valence-corrected chi connectivity index (χ0v) is 20.8. The number of anilines is 3. The summed E-state index contributed by atoms with van der Waals surface area (Å²) >= 11 is 6.60. The Morgan fingerprint density at radius 2 is 1.54 bits per heavy atom. The molecule has 0 spiro atoms. The molecule has 0 bridgehead atoms. The summed E-state index contributed by atoms with van der Waals surface area (Å²) < 4.78 is 0. The lowest BCUT2D eigenvalue weighted by atomic mass is 9.71. The van der Waals surface area contributed by atoms with Gasteiger partial charge in [0.25, 0.3) is 0 Å². The van der Waals surface area contributed by atoms with Crippen molar-refractivity contribution in [2.24, 2.45) is 0 Å². The van der Waals surface area contributed by atoms with Crippen LogP contribution in [0.4, 0.5) is 17.1 Å². The topological polar surface area (TPSA) is 69.9 Å². The van der Waals surface area contributed by atoms with E-state index in [1.807, 2.05) is 36.4 Å². The summed E-state index contributed by atoms with van der Waals surface area (Å²) in [5.41, 5.74) is 8.63. The number of fused-ring (bicyclic) bond motifs is 1. The van der Waals surface area contributed by atoms with Gasteiger partial charge in [0.2, 0.25) is 5.91 Å². The highest BCUT2D eigenvalue weighted by Crippen LogP contribution is 2.46. The first kappa shape index (κ1) is 23.4. The molecule has 1 amide bonds. The van der Waals surface area contributed by atoms with Crippen LogP contribution in [0.3, 0.4) is 0 Å². The van der Waals surface area contributed by atoms with Crippen LogP contribution < -0.4 is 15.5 Å². The number of amides is 1. The van der Waals surface area contributed by atoms with Crippen molar-refractivity contribution in [3.05, 3.63) is 88.4 Å². The first-order chi connectivity index (χ1) is 16.8. The average Bonchev–Trinajstić information content (AvgIpc) is 2.86. The Hall–Kier alpha value is -3.35. The van der Waals surface area contributed by atoms with E-state index in [-0.39, 0.29) is 11.7 Å². The summed E-state index contributed by atoms with van der Waals surface area (Å²) in [6.07, 6.45) is 0. The van der Waals surface area contributed by atoms with E-state index in [0.717, 1.165) is 37.4 Å². The van der Waals surface area contributed by atoms with Crippen LogP contribution in [0.25, 0.3) is 0 Å². The van der Waals surface area contributed by atoms with E-state index in [1.165, 1.54) is 0 Å².